The highest BCUT2D eigenvalue weighted by Gasteiger charge is 2.29. The van der Waals surface area contributed by atoms with Crippen LogP contribution in [0.15, 0.2) is 5.16 Å². The molecule has 0 aliphatic heterocycles. The average Bonchev–Trinajstić information content (AvgIpc) is 2.26. The molecule has 1 unspecified atom stereocenters. The molecular formula is C11H23N3O2. The van der Waals surface area contributed by atoms with Crippen molar-refractivity contribution in [3.63, 3.8) is 0 Å². The first-order valence-corrected chi connectivity index (χ1v) is 5.49. The highest BCUT2D eigenvalue weighted by Crippen LogP contribution is 2.22. The summed E-state index contributed by atoms with van der Waals surface area (Å²) in [4.78, 5) is 13.7. The molecule has 0 spiro atoms. The van der Waals surface area contributed by atoms with Crippen LogP contribution in [0.4, 0.5) is 0 Å². The zero-order valence-electron chi connectivity index (χ0n) is 10.8. The van der Waals surface area contributed by atoms with E-state index in [1.54, 1.807) is 11.9 Å². The van der Waals surface area contributed by atoms with Crippen LogP contribution >= 0.6 is 0 Å². The van der Waals surface area contributed by atoms with Crippen LogP contribution in [0.1, 0.15) is 34.1 Å². The fourth-order valence-electron chi connectivity index (χ4n) is 1.35. The fraction of sp³-hybridized carbons (Fsp3) is 0.818. The summed E-state index contributed by atoms with van der Waals surface area (Å²) >= 11 is 0. The zero-order chi connectivity index (χ0) is 12.9. The van der Waals surface area contributed by atoms with E-state index in [4.69, 9.17) is 10.9 Å². The topological polar surface area (TPSA) is 78.9 Å². The Hall–Kier alpha value is -1.26. The van der Waals surface area contributed by atoms with E-state index in [0.29, 0.717) is 6.54 Å². The van der Waals surface area contributed by atoms with Gasteiger partial charge < -0.3 is 15.8 Å². The van der Waals surface area contributed by atoms with E-state index >= 15 is 0 Å². The highest BCUT2D eigenvalue weighted by molar-refractivity contribution is 5.84. The molecule has 1 atom stereocenters. The second-order valence-corrected chi connectivity index (χ2v) is 4.85. The standard InChI is InChI=1S/C11H23N3O2/c1-6-11(3,4)10(15)14(5)7-8(2)9(12)13-16/h8,16H,6-7H2,1-5H3,(H2,12,13). The van der Waals surface area contributed by atoms with Crippen molar-refractivity contribution in [3.05, 3.63) is 0 Å². The monoisotopic (exact) mass is 229 g/mol. The summed E-state index contributed by atoms with van der Waals surface area (Å²) in [6.45, 7) is 8.09. The van der Waals surface area contributed by atoms with Gasteiger partial charge in [-0.05, 0) is 6.42 Å². The van der Waals surface area contributed by atoms with Crippen molar-refractivity contribution in [2.45, 2.75) is 34.1 Å². The Bertz CT molecular complexity index is 274. The molecule has 0 aromatic carbocycles. The summed E-state index contributed by atoms with van der Waals surface area (Å²) in [6, 6.07) is 0. The molecular weight excluding hydrogens is 206 g/mol. The minimum absolute atomic E-state index is 0.0765. The van der Waals surface area contributed by atoms with Gasteiger partial charge in [0.05, 0.1) is 0 Å². The molecule has 0 aromatic heterocycles. The lowest BCUT2D eigenvalue weighted by atomic mass is 9.88. The number of nitrogens with zero attached hydrogens (tertiary/aromatic N) is 2. The van der Waals surface area contributed by atoms with Gasteiger partial charge in [-0.2, -0.15) is 0 Å². The number of nitrogens with two attached hydrogens (primary N) is 1. The van der Waals surface area contributed by atoms with E-state index in [0.717, 1.165) is 6.42 Å². The van der Waals surface area contributed by atoms with Crippen LogP contribution in [0.25, 0.3) is 0 Å². The quantitative estimate of drug-likeness (QED) is 0.322. The number of hydrogen-bond donors (Lipinski definition) is 2. The van der Waals surface area contributed by atoms with Gasteiger partial charge in [0.15, 0.2) is 0 Å². The van der Waals surface area contributed by atoms with E-state index in [2.05, 4.69) is 5.16 Å². The van der Waals surface area contributed by atoms with Crippen LogP contribution in [0.2, 0.25) is 0 Å². The smallest absolute Gasteiger partial charge is 0.227 e. The van der Waals surface area contributed by atoms with E-state index < -0.39 is 0 Å². The maximum absolute atomic E-state index is 12.0. The molecule has 0 aliphatic rings. The summed E-state index contributed by atoms with van der Waals surface area (Å²) in [5, 5.41) is 11.5. The van der Waals surface area contributed by atoms with Crippen LogP contribution in [-0.4, -0.2) is 35.4 Å². The second kappa shape index (κ2) is 5.72. The molecule has 16 heavy (non-hydrogen) atoms. The number of amidine groups is 1. The Labute approximate surface area is 97.3 Å². The Morgan fingerprint density at radius 3 is 2.44 bits per heavy atom. The van der Waals surface area contributed by atoms with Crippen LogP contribution < -0.4 is 5.73 Å². The molecule has 0 radical (unpaired) electrons. The minimum atomic E-state index is -0.362. The summed E-state index contributed by atoms with van der Waals surface area (Å²) in [6.07, 6.45) is 0.786. The molecule has 1 amide bonds. The first-order valence-electron chi connectivity index (χ1n) is 5.49. The van der Waals surface area contributed by atoms with E-state index in [-0.39, 0.29) is 23.1 Å². The summed E-state index contributed by atoms with van der Waals surface area (Å²) in [7, 11) is 1.74. The van der Waals surface area contributed by atoms with Crippen molar-refractivity contribution in [1.82, 2.24) is 4.90 Å². The van der Waals surface area contributed by atoms with Crippen molar-refractivity contribution >= 4 is 11.7 Å². The van der Waals surface area contributed by atoms with Gasteiger partial charge >= 0.3 is 0 Å². The van der Waals surface area contributed by atoms with Crippen LogP contribution in [0.3, 0.4) is 0 Å². The number of oxime groups is 1. The molecule has 0 heterocycles. The van der Waals surface area contributed by atoms with Gasteiger partial charge in [0.1, 0.15) is 5.84 Å². The molecule has 0 saturated carbocycles. The molecule has 0 aromatic rings. The molecule has 0 saturated heterocycles. The Morgan fingerprint density at radius 1 is 1.56 bits per heavy atom. The number of hydrogen-bond acceptors (Lipinski definition) is 3. The van der Waals surface area contributed by atoms with E-state index in [9.17, 15) is 4.79 Å². The second-order valence-electron chi connectivity index (χ2n) is 4.85. The largest absolute Gasteiger partial charge is 0.409 e. The van der Waals surface area contributed by atoms with Crippen molar-refractivity contribution in [1.29, 1.82) is 0 Å². The molecule has 3 N–H and O–H groups in total. The van der Waals surface area contributed by atoms with Crippen LogP contribution in [0, 0.1) is 11.3 Å². The Kier molecular flexibility index (Phi) is 5.27. The normalized spacial score (nSPS) is 14.7. The van der Waals surface area contributed by atoms with E-state index in [1.165, 1.54) is 0 Å². The first kappa shape index (κ1) is 14.7. The lowest BCUT2D eigenvalue weighted by Crippen LogP contribution is -2.42. The third-order valence-corrected chi connectivity index (χ3v) is 2.98. The third kappa shape index (κ3) is 3.72. The zero-order valence-corrected chi connectivity index (χ0v) is 10.8. The molecule has 0 rings (SSSR count). The van der Waals surface area contributed by atoms with Gasteiger partial charge in [-0.15, -0.1) is 0 Å². The third-order valence-electron chi connectivity index (χ3n) is 2.98. The molecule has 5 nitrogen and oxygen atoms in total. The number of rotatable bonds is 5. The van der Waals surface area contributed by atoms with Gasteiger partial charge in [0, 0.05) is 24.9 Å². The molecule has 0 bridgehead atoms. The van der Waals surface area contributed by atoms with Crippen molar-refractivity contribution in [3.8, 4) is 0 Å². The molecule has 0 fully saturated rings. The average molecular weight is 229 g/mol. The van der Waals surface area contributed by atoms with Crippen molar-refractivity contribution < 1.29 is 10.0 Å². The maximum Gasteiger partial charge on any atom is 0.227 e. The molecule has 5 heteroatoms. The highest BCUT2D eigenvalue weighted by atomic mass is 16.4. The number of amides is 1. The summed E-state index contributed by atoms with van der Waals surface area (Å²) in [5.41, 5.74) is 5.11. The van der Waals surface area contributed by atoms with E-state index in [1.807, 2.05) is 27.7 Å². The number of carbonyl (C=O) groups excluding carboxylic acids is 1. The van der Waals surface area contributed by atoms with Gasteiger partial charge in [-0.3, -0.25) is 4.79 Å². The van der Waals surface area contributed by atoms with Gasteiger partial charge in [0.25, 0.3) is 0 Å². The predicted molar refractivity (Wildman–Crippen MR) is 64.3 cm³/mol. The lowest BCUT2D eigenvalue weighted by Gasteiger charge is -2.29. The molecule has 94 valence electrons. The SMILES string of the molecule is CCC(C)(C)C(=O)N(C)CC(C)C(N)=NO. The van der Waals surface area contributed by atoms with Crippen molar-refractivity contribution in [2.75, 3.05) is 13.6 Å². The van der Waals surface area contributed by atoms with Crippen molar-refractivity contribution in [2.24, 2.45) is 22.2 Å². The number of carbonyl (C=O) groups is 1. The predicted octanol–water partition coefficient (Wildman–Crippen LogP) is 1.26. The maximum atomic E-state index is 12.0. The molecule has 0 aliphatic carbocycles. The van der Waals surface area contributed by atoms with Gasteiger partial charge in [-0.1, -0.05) is 32.9 Å². The summed E-state index contributed by atoms with van der Waals surface area (Å²) in [5.74, 6) is 0.0770. The van der Waals surface area contributed by atoms with Gasteiger partial charge in [-0.25, -0.2) is 0 Å². The minimum Gasteiger partial charge on any atom is -0.409 e. The Morgan fingerprint density at radius 2 is 2.06 bits per heavy atom. The van der Waals surface area contributed by atoms with Crippen LogP contribution in [0.5, 0.6) is 0 Å². The fourth-order valence-corrected chi connectivity index (χ4v) is 1.35. The first-order chi connectivity index (χ1) is 7.26. The van der Waals surface area contributed by atoms with Gasteiger partial charge in [0.2, 0.25) is 5.91 Å². The van der Waals surface area contributed by atoms with Crippen LogP contribution in [-0.2, 0) is 4.79 Å². The summed E-state index contributed by atoms with van der Waals surface area (Å²) < 4.78 is 0. The lowest BCUT2D eigenvalue weighted by molar-refractivity contribution is -0.139. The Balaban J connectivity index is 4.48.